The van der Waals surface area contributed by atoms with E-state index in [9.17, 15) is 44.3 Å². The zero-order valence-electron chi connectivity index (χ0n) is 16.4. The Bertz CT molecular complexity index is 1030. The van der Waals surface area contributed by atoms with Crippen molar-refractivity contribution in [2.24, 2.45) is 0 Å². The third kappa shape index (κ3) is 5.39. The minimum absolute atomic E-state index is 0.0225. The Kier molecular flexibility index (Phi) is 6.42. The summed E-state index contributed by atoms with van der Waals surface area (Å²) in [6, 6.07) is 2.48. The molecule has 0 aliphatic carbocycles. The van der Waals surface area contributed by atoms with E-state index >= 15 is 0 Å². The number of alkyl halides is 9. The molecule has 0 radical (unpaired) electrons. The van der Waals surface area contributed by atoms with E-state index < -0.39 is 65.6 Å². The van der Waals surface area contributed by atoms with E-state index in [2.05, 4.69) is 15.9 Å². The maximum Gasteiger partial charge on any atom is 0.416 e. The average Bonchev–Trinajstić information content (AvgIpc) is 2.95. The highest BCUT2D eigenvalue weighted by Gasteiger charge is 2.43. The van der Waals surface area contributed by atoms with Gasteiger partial charge in [0, 0.05) is 4.47 Å². The molecule has 0 saturated carbocycles. The van der Waals surface area contributed by atoms with Crippen LogP contribution in [0.25, 0.3) is 0 Å². The van der Waals surface area contributed by atoms with Crippen molar-refractivity contribution in [3.63, 3.8) is 0 Å². The average molecular weight is 550 g/mol. The number of ether oxygens (including phenoxy) is 1. The number of carbonyl (C=O) groups excluding carboxylic acids is 1. The Morgan fingerprint density at radius 3 is 1.85 bits per heavy atom. The highest BCUT2D eigenvalue weighted by Crippen LogP contribution is 2.41. The van der Waals surface area contributed by atoms with Crippen molar-refractivity contribution in [3.8, 4) is 0 Å². The van der Waals surface area contributed by atoms with E-state index in [-0.39, 0.29) is 16.1 Å². The summed E-state index contributed by atoms with van der Waals surface area (Å²) in [5.74, 6) is 0. The molecule has 1 amide bonds. The molecule has 2 aromatic rings. The molecule has 1 saturated heterocycles. The van der Waals surface area contributed by atoms with Crippen molar-refractivity contribution < 1.29 is 49.0 Å². The smallest absolute Gasteiger partial charge is 0.416 e. The minimum atomic E-state index is -5.09. The molecule has 0 spiro atoms. The summed E-state index contributed by atoms with van der Waals surface area (Å²) in [5.41, 5.74) is -4.66. The molecule has 1 unspecified atom stereocenters. The summed E-state index contributed by atoms with van der Waals surface area (Å²) >= 11 is 3.07. The summed E-state index contributed by atoms with van der Waals surface area (Å²) in [5, 5.41) is 0. The van der Waals surface area contributed by atoms with E-state index in [4.69, 9.17) is 4.74 Å². The summed E-state index contributed by atoms with van der Waals surface area (Å²) in [4.78, 5) is 13.3. The maximum atomic E-state index is 13.2. The number of benzene rings is 2. The number of cyclic esters (lactones) is 1. The molecule has 0 N–H and O–H groups in total. The topological polar surface area (TPSA) is 29.5 Å². The summed E-state index contributed by atoms with van der Waals surface area (Å²) in [6.07, 6.45) is -17.5. The van der Waals surface area contributed by atoms with Crippen molar-refractivity contribution in [1.29, 1.82) is 0 Å². The summed E-state index contributed by atoms with van der Waals surface area (Å²) < 4.78 is 123. The molecule has 1 fully saturated rings. The van der Waals surface area contributed by atoms with Gasteiger partial charge < -0.3 is 4.74 Å². The van der Waals surface area contributed by atoms with Gasteiger partial charge in [0.05, 0.1) is 29.3 Å². The number of hydrogen-bond donors (Lipinski definition) is 0. The molecule has 1 aliphatic rings. The van der Waals surface area contributed by atoms with Crippen LogP contribution in [0.3, 0.4) is 0 Å². The number of hydrogen-bond acceptors (Lipinski definition) is 2. The molecule has 180 valence electrons. The van der Waals surface area contributed by atoms with Crippen molar-refractivity contribution in [2.75, 3.05) is 0 Å². The molecule has 0 bridgehead atoms. The van der Waals surface area contributed by atoms with Crippen molar-refractivity contribution >= 4 is 22.0 Å². The van der Waals surface area contributed by atoms with Gasteiger partial charge in [-0.25, -0.2) is 4.79 Å². The lowest BCUT2D eigenvalue weighted by molar-refractivity contribution is -0.143. The predicted octanol–water partition coefficient (Wildman–Crippen LogP) is 7.59. The molecular formula is C20H13BrF9NO2. The van der Waals surface area contributed by atoms with Gasteiger partial charge in [-0.2, -0.15) is 39.5 Å². The number of carbonyl (C=O) groups is 1. The van der Waals surface area contributed by atoms with Crippen LogP contribution in [-0.2, 0) is 29.8 Å². The second-order valence-electron chi connectivity index (χ2n) is 7.32. The summed E-state index contributed by atoms with van der Waals surface area (Å²) in [7, 11) is 0. The fourth-order valence-corrected chi connectivity index (χ4v) is 3.73. The Morgan fingerprint density at radius 1 is 0.848 bits per heavy atom. The van der Waals surface area contributed by atoms with Crippen molar-refractivity contribution in [1.82, 2.24) is 4.90 Å². The minimum Gasteiger partial charge on any atom is -0.439 e. The molecule has 13 heteroatoms. The van der Waals surface area contributed by atoms with Crippen LogP contribution in [0.1, 0.15) is 40.8 Å². The summed E-state index contributed by atoms with van der Waals surface area (Å²) in [6.45, 7) is 0.886. The van der Waals surface area contributed by atoms with E-state index in [1.54, 1.807) is 0 Å². The number of amides is 1. The fraction of sp³-hybridized carbons (Fsp3) is 0.350. The van der Waals surface area contributed by atoms with Crippen LogP contribution >= 0.6 is 15.9 Å². The molecule has 33 heavy (non-hydrogen) atoms. The van der Waals surface area contributed by atoms with Crippen molar-refractivity contribution in [3.05, 3.63) is 68.7 Å². The van der Waals surface area contributed by atoms with Gasteiger partial charge >= 0.3 is 24.6 Å². The second kappa shape index (κ2) is 8.41. The van der Waals surface area contributed by atoms with Crippen LogP contribution < -0.4 is 0 Å². The first-order valence-electron chi connectivity index (χ1n) is 9.10. The zero-order valence-corrected chi connectivity index (χ0v) is 18.0. The monoisotopic (exact) mass is 549 g/mol. The first-order chi connectivity index (χ1) is 15.0. The Labute approximate surface area is 189 Å². The van der Waals surface area contributed by atoms with Crippen LogP contribution in [0.5, 0.6) is 0 Å². The fourth-order valence-electron chi connectivity index (χ4n) is 3.36. The van der Waals surface area contributed by atoms with Gasteiger partial charge in [0.25, 0.3) is 0 Å². The number of halogens is 10. The van der Waals surface area contributed by atoms with Gasteiger partial charge in [-0.15, -0.1) is 0 Å². The Morgan fingerprint density at radius 2 is 1.36 bits per heavy atom. The van der Waals surface area contributed by atoms with Crippen LogP contribution in [0.2, 0.25) is 0 Å². The maximum absolute atomic E-state index is 13.2. The number of rotatable bonds is 3. The van der Waals surface area contributed by atoms with E-state index in [0.29, 0.717) is 12.1 Å². The van der Waals surface area contributed by atoms with Gasteiger partial charge in [-0.1, -0.05) is 15.9 Å². The third-order valence-electron chi connectivity index (χ3n) is 5.04. The molecule has 3 nitrogen and oxygen atoms in total. The van der Waals surface area contributed by atoms with Crippen LogP contribution in [0, 0.1) is 0 Å². The van der Waals surface area contributed by atoms with Crippen LogP contribution in [0.4, 0.5) is 44.3 Å². The lowest BCUT2D eigenvalue weighted by atomic mass is 9.97. The van der Waals surface area contributed by atoms with Gasteiger partial charge in [-0.3, -0.25) is 4.90 Å². The normalized spacial score (nSPS) is 19.7. The predicted molar refractivity (Wildman–Crippen MR) is 99.8 cm³/mol. The molecule has 2 aromatic carbocycles. The van der Waals surface area contributed by atoms with Gasteiger partial charge in [-0.05, 0) is 54.4 Å². The second-order valence-corrected chi connectivity index (χ2v) is 8.17. The Balaban J connectivity index is 1.96. The highest BCUT2D eigenvalue weighted by molar-refractivity contribution is 9.10. The van der Waals surface area contributed by atoms with E-state index in [1.165, 1.54) is 6.92 Å². The quantitative estimate of drug-likeness (QED) is 0.369. The molecule has 0 aromatic heterocycles. The lowest BCUT2D eigenvalue weighted by Gasteiger charge is -2.23. The first-order valence-corrected chi connectivity index (χ1v) is 9.90. The highest BCUT2D eigenvalue weighted by atomic mass is 79.9. The van der Waals surface area contributed by atoms with Crippen LogP contribution in [-0.4, -0.2) is 17.0 Å². The standard InChI is InChI=1S/C20H13BrF9NO2/c1-9-16(10-4-13(19(25,26)27)7-14(5-10)20(28,29)30)33-17(32)31(9)8-11-6-12(18(22,23)24)2-3-15(11)21/h2-7,9,16H,8H2,1H3/t9-,16?/m0/s1. The molecule has 1 heterocycles. The van der Waals surface area contributed by atoms with E-state index in [1.807, 2.05) is 0 Å². The van der Waals surface area contributed by atoms with Crippen molar-refractivity contribution in [2.45, 2.75) is 44.1 Å². The molecule has 3 rings (SSSR count). The molecule has 2 atom stereocenters. The van der Waals surface area contributed by atoms with Crippen LogP contribution in [0.15, 0.2) is 40.9 Å². The molecule has 1 aliphatic heterocycles. The number of nitrogens with zero attached hydrogens (tertiary/aromatic N) is 1. The van der Waals surface area contributed by atoms with Gasteiger partial charge in [0.1, 0.15) is 6.10 Å². The third-order valence-corrected chi connectivity index (χ3v) is 5.82. The molecular weight excluding hydrogens is 537 g/mol. The largest absolute Gasteiger partial charge is 0.439 e. The van der Waals surface area contributed by atoms with Gasteiger partial charge in [0.2, 0.25) is 0 Å². The van der Waals surface area contributed by atoms with Gasteiger partial charge in [0.15, 0.2) is 0 Å². The van der Waals surface area contributed by atoms with E-state index in [0.717, 1.165) is 23.1 Å². The Hall–Kier alpha value is -2.44. The zero-order chi connectivity index (χ0) is 24.9. The SMILES string of the molecule is C[C@H]1C(c2cc(C(F)(F)F)cc(C(F)(F)F)c2)OC(=O)N1Cc1cc(C(F)(F)F)ccc1Br. The lowest BCUT2D eigenvalue weighted by Crippen LogP contribution is -2.31. The first kappa shape index (κ1) is 25.2.